The van der Waals surface area contributed by atoms with E-state index in [1.165, 1.54) is 18.4 Å². The van der Waals surface area contributed by atoms with Crippen LogP contribution in [0.15, 0.2) is 30.3 Å². The number of hydrogen-bond donors (Lipinski definition) is 2. The van der Waals surface area contributed by atoms with Crippen molar-refractivity contribution in [3.8, 4) is 5.75 Å². The number of rotatable bonds is 5. The third kappa shape index (κ3) is 3.43. The minimum absolute atomic E-state index is 0.231. The van der Waals surface area contributed by atoms with Crippen LogP contribution in [0.4, 0.5) is 0 Å². The predicted octanol–water partition coefficient (Wildman–Crippen LogP) is 3.20. The number of hydrogen-bond acceptors (Lipinski definition) is 6. The zero-order valence-electron chi connectivity index (χ0n) is 12.0. The van der Waals surface area contributed by atoms with Gasteiger partial charge in [-0.1, -0.05) is 24.4 Å². The Balaban J connectivity index is 2.42. The van der Waals surface area contributed by atoms with Crippen LogP contribution in [0.3, 0.4) is 0 Å². The molecule has 0 spiro atoms. The smallest absolute Gasteiger partial charge is 0.348 e. The summed E-state index contributed by atoms with van der Waals surface area (Å²) in [6, 6.07) is 9.19. The molecule has 1 unspecified atom stereocenters. The average molecular weight is 353 g/mol. The molecular weight excluding hydrogens is 338 g/mol. The molecule has 2 N–H and O–H groups in total. The molecule has 22 heavy (non-hydrogen) atoms. The van der Waals surface area contributed by atoms with E-state index in [0.29, 0.717) is 10.4 Å². The molecule has 0 aliphatic carbocycles. The van der Waals surface area contributed by atoms with Crippen LogP contribution in [0.5, 0.6) is 5.75 Å². The van der Waals surface area contributed by atoms with E-state index in [0.717, 1.165) is 16.2 Å². The highest BCUT2D eigenvalue weighted by Crippen LogP contribution is 2.37. The molecular formula is C15H15NO3S3. The number of methoxy groups -OCH3 is 2. The fourth-order valence-corrected chi connectivity index (χ4v) is 3.75. The van der Waals surface area contributed by atoms with Crippen LogP contribution >= 0.6 is 36.2 Å². The summed E-state index contributed by atoms with van der Waals surface area (Å²) < 4.78 is 9.89. The normalized spacial score (nSPS) is 11.8. The zero-order chi connectivity index (χ0) is 16.3. The van der Waals surface area contributed by atoms with Gasteiger partial charge in [0, 0.05) is 10.4 Å². The van der Waals surface area contributed by atoms with Gasteiger partial charge in [-0.15, -0.1) is 11.3 Å². The van der Waals surface area contributed by atoms with Crippen molar-refractivity contribution in [2.45, 2.75) is 5.25 Å². The third-order valence-electron chi connectivity index (χ3n) is 3.09. The first-order chi connectivity index (χ1) is 10.5. The summed E-state index contributed by atoms with van der Waals surface area (Å²) in [5.41, 5.74) is 7.37. The molecule has 1 atom stereocenters. The number of thiophene rings is 1. The lowest BCUT2D eigenvalue weighted by atomic mass is 10.1. The number of carbonyl (C=O) groups excluding carboxylic acids is 1. The fourth-order valence-electron chi connectivity index (χ4n) is 1.94. The van der Waals surface area contributed by atoms with Crippen molar-refractivity contribution in [1.82, 2.24) is 0 Å². The maximum absolute atomic E-state index is 11.7. The number of thiocarbonyl (C=S) groups is 1. The van der Waals surface area contributed by atoms with Crippen molar-refractivity contribution < 1.29 is 14.3 Å². The molecule has 0 fully saturated rings. The van der Waals surface area contributed by atoms with Gasteiger partial charge >= 0.3 is 5.97 Å². The molecule has 0 aliphatic rings. The Bertz CT molecular complexity index is 695. The Morgan fingerprint density at radius 3 is 2.45 bits per heavy atom. The number of carbonyl (C=O) groups is 1. The molecule has 1 aromatic carbocycles. The van der Waals surface area contributed by atoms with E-state index >= 15 is 0 Å². The first-order valence-electron chi connectivity index (χ1n) is 6.31. The Kier molecular flexibility index (Phi) is 5.44. The third-order valence-corrected chi connectivity index (χ3v) is 5.22. The molecule has 116 valence electrons. The molecule has 0 amide bonds. The lowest BCUT2D eigenvalue weighted by Gasteiger charge is -2.12. The molecule has 0 bridgehead atoms. The van der Waals surface area contributed by atoms with Gasteiger partial charge in [-0.2, -0.15) is 12.6 Å². The fraction of sp³-hybridized carbons (Fsp3) is 0.200. The van der Waals surface area contributed by atoms with Gasteiger partial charge in [0.25, 0.3) is 0 Å². The van der Waals surface area contributed by atoms with Gasteiger partial charge in [-0.3, -0.25) is 0 Å². The van der Waals surface area contributed by atoms with Crippen molar-refractivity contribution in [2.75, 3.05) is 14.2 Å². The second-order valence-corrected chi connectivity index (χ2v) is 6.46. The maximum Gasteiger partial charge on any atom is 0.348 e. The van der Waals surface area contributed by atoms with Crippen LogP contribution < -0.4 is 10.5 Å². The Hall–Kier alpha value is -1.57. The van der Waals surface area contributed by atoms with Crippen LogP contribution in [-0.4, -0.2) is 25.2 Å². The largest absolute Gasteiger partial charge is 0.497 e. The van der Waals surface area contributed by atoms with Crippen LogP contribution in [0.25, 0.3) is 0 Å². The standard InChI is InChI=1S/C15H15NO3S3/c1-18-9-5-3-8(4-6-9)12(20)13-10(14(16)21)7-11(22-13)15(17)19-2/h3-7,12,20H,1-2H3,(H2,16,21). The summed E-state index contributed by atoms with van der Waals surface area (Å²) in [4.78, 5) is 13.2. The second kappa shape index (κ2) is 7.13. The van der Waals surface area contributed by atoms with Crippen molar-refractivity contribution in [2.24, 2.45) is 5.73 Å². The number of nitrogens with two attached hydrogens (primary N) is 1. The van der Waals surface area contributed by atoms with E-state index in [9.17, 15) is 4.79 Å². The molecule has 1 heterocycles. The molecule has 0 radical (unpaired) electrons. The number of thiol groups is 1. The lowest BCUT2D eigenvalue weighted by molar-refractivity contribution is 0.0606. The summed E-state index contributed by atoms with van der Waals surface area (Å²) in [5.74, 6) is 0.351. The first-order valence-corrected chi connectivity index (χ1v) is 8.06. The van der Waals surface area contributed by atoms with Crippen LogP contribution in [0.1, 0.15) is 30.9 Å². The first kappa shape index (κ1) is 16.8. The SMILES string of the molecule is COC(=O)c1cc(C(N)=S)c(C(S)c2ccc(OC)cc2)s1. The molecule has 2 rings (SSSR count). The summed E-state index contributed by atoms with van der Waals surface area (Å²) in [6.07, 6.45) is 0. The van der Waals surface area contributed by atoms with Gasteiger partial charge in [-0.25, -0.2) is 4.79 Å². The highest BCUT2D eigenvalue weighted by Gasteiger charge is 2.22. The number of ether oxygens (including phenoxy) is 2. The maximum atomic E-state index is 11.7. The molecule has 2 aromatic rings. The summed E-state index contributed by atoms with van der Waals surface area (Å²) >= 11 is 11.0. The van der Waals surface area contributed by atoms with Gasteiger partial charge in [0.05, 0.1) is 19.5 Å². The molecule has 0 saturated heterocycles. The Morgan fingerprint density at radius 2 is 1.95 bits per heavy atom. The Labute approximate surface area is 143 Å². The van der Waals surface area contributed by atoms with Gasteiger partial charge in [0.1, 0.15) is 15.6 Å². The molecule has 0 saturated carbocycles. The molecule has 7 heteroatoms. The summed E-state index contributed by atoms with van der Waals surface area (Å²) in [7, 11) is 2.95. The monoisotopic (exact) mass is 353 g/mol. The van der Waals surface area contributed by atoms with Crippen LogP contribution in [0, 0.1) is 0 Å². The summed E-state index contributed by atoms with van der Waals surface area (Å²) in [5, 5.41) is -0.245. The number of esters is 1. The van der Waals surface area contributed by atoms with Gasteiger partial charge in [0.15, 0.2) is 0 Å². The molecule has 0 aliphatic heterocycles. The Morgan fingerprint density at radius 1 is 1.32 bits per heavy atom. The highest BCUT2D eigenvalue weighted by atomic mass is 32.1. The van der Waals surface area contributed by atoms with E-state index in [1.807, 2.05) is 24.3 Å². The van der Waals surface area contributed by atoms with Gasteiger partial charge < -0.3 is 15.2 Å². The topological polar surface area (TPSA) is 61.5 Å². The van der Waals surface area contributed by atoms with E-state index in [1.54, 1.807) is 13.2 Å². The van der Waals surface area contributed by atoms with E-state index < -0.39 is 5.97 Å². The van der Waals surface area contributed by atoms with Crippen LogP contribution in [-0.2, 0) is 4.74 Å². The predicted molar refractivity (Wildman–Crippen MR) is 95.4 cm³/mol. The van der Waals surface area contributed by atoms with E-state index in [-0.39, 0.29) is 10.2 Å². The van der Waals surface area contributed by atoms with Crippen LogP contribution in [0.2, 0.25) is 0 Å². The summed E-state index contributed by atoms with van der Waals surface area (Å²) in [6.45, 7) is 0. The van der Waals surface area contributed by atoms with Gasteiger partial charge in [0.2, 0.25) is 0 Å². The zero-order valence-corrected chi connectivity index (χ0v) is 14.6. The quantitative estimate of drug-likeness (QED) is 0.491. The second-order valence-electron chi connectivity index (χ2n) is 4.42. The van der Waals surface area contributed by atoms with Crippen molar-refractivity contribution in [3.63, 3.8) is 0 Å². The molecule has 1 aromatic heterocycles. The minimum Gasteiger partial charge on any atom is -0.497 e. The minimum atomic E-state index is -0.413. The van der Waals surface area contributed by atoms with Crippen molar-refractivity contribution >= 4 is 47.1 Å². The van der Waals surface area contributed by atoms with Crippen molar-refractivity contribution in [3.05, 3.63) is 51.2 Å². The lowest BCUT2D eigenvalue weighted by Crippen LogP contribution is -2.11. The van der Waals surface area contributed by atoms with Crippen molar-refractivity contribution in [1.29, 1.82) is 0 Å². The van der Waals surface area contributed by atoms with E-state index in [2.05, 4.69) is 12.6 Å². The van der Waals surface area contributed by atoms with E-state index in [4.69, 9.17) is 27.4 Å². The highest BCUT2D eigenvalue weighted by molar-refractivity contribution is 7.81. The van der Waals surface area contributed by atoms with Gasteiger partial charge in [-0.05, 0) is 23.8 Å². The number of benzene rings is 1. The molecule has 4 nitrogen and oxygen atoms in total. The average Bonchev–Trinajstić information content (AvgIpc) is 2.99.